The lowest BCUT2D eigenvalue weighted by Gasteiger charge is -2.21. The molecule has 1 aliphatic rings. The number of nitrogens with zero attached hydrogens (tertiary/aromatic N) is 3. The SMILES string of the molecule is CC(C)c1ncncc1-c1cc(C(=O)NC(C)(C)C)cc(-c2ccc(C3CC3)cc2)n1. The summed E-state index contributed by atoms with van der Waals surface area (Å²) in [7, 11) is 0. The molecule has 1 fully saturated rings. The van der Waals surface area contributed by atoms with Crippen LogP contribution in [0.1, 0.15) is 80.9 Å². The Balaban J connectivity index is 1.82. The summed E-state index contributed by atoms with van der Waals surface area (Å²) in [5, 5.41) is 3.06. The molecule has 0 spiro atoms. The van der Waals surface area contributed by atoms with E-state index in [1.54, 1.807) is 12.5 Å². The van der Waals surface area contributed by atoms with Crippen LogP contribution in [0.5, 0.6) is 0 Å². The predicted molar refractivity (Wildman–Crippen MR) is 124 cm³/mol. The normalized spacial score (nSPS) is 14.0. The van der Waals surface area contributed by atoms with Crippen molar-refractivity contribution in [3.05, 3.63) is 65.7 Å². The number of benzene rings is 1. The third-order valence-corrected chi connectivity index (χ3v) is 5.40. The molecule has 5 nitrogen and oxygen atoms in total. The zero-order chi connectivity index (χ0) is 22.2. The molecule has 1 saturated carbocycles. The molecule has 0 radical (unpaired) electrons. The molecule has 2 heterocycles. The molecule has 160 valence electrons. The zero-order valence-corrected chi connectivity index (χ0v) is 18.9. The van der Waals surface area contributed by atoms with Gasteiger partial charge in [0.05, 0.1) is 17.1 Å². The van der Waals surface area contributed by atoms with Gasteiger partial charge >= 0.3 is 0 Å². The van der Waals surface area contributed by atoms with E-state index in [2.05, 4.69) is 53.4 Å². The minimum absolute atomic E-state index is 0.116. The number of pyridine rings is 1. The van der Waals surface area contributed by atoms with Crippen molar-refractivity contribution in [2.45, 2.75) is 64.8 Å². The second-order valence-electron chi connectivity index (χ2n) is 9.70. The summed E-state index contributed by atoms with van der Waals surface area (Å²) >= 11 is 0. The fraction of sp³-hybridized carbons (Fsp3) is 0.385. The van der Waals surface area contributed by atoms with Gasteiger partial charge in [-0.05, 0) is 63.1 Å². The summed E-state index contributed by atoms with van der Waals surface area (Å²) < 4.78 is 0. The van der Waals surface area contributed by atoms with E-state index in [1.165, 1.54) is 18.4 Å². The third kappa shape index (κ3) is 4.98. The minimum Gasteiger partial charge on any atom is -0.347 e. The molecule has 0 saturated heterocycles. The van der Waals surface area contributed by atoms with Crippen LogP contribution in [0, 0.1) is 0 Å². The predicted octanol–water partition coefficient (Wildman–Crippen LogP) is 5.73. The quantitative estimate of drug-likeness (QED) is 0.578. The molecule has 1 aromatic carbocycles. The van der Waals surface area contributed by atoms with Crippen LogP contribution >= 0.6 is 0 Å². The lowest BCUT2D eigenvalue weighted by molar-refractivity contribution is 0.0919. The highest BCUT2D eigenvalue weighted by molar-refractivity contribution is 5.96. The Morgan fingerprint density at radius 2 is 1.74 bits per heavy atom. The molecule has 3 aromatic rings. The first kappa shape index (κ1) is 21.2. The van der Waals surface area contributed by atoms with E-state index < -0.39 is 0 Å². The van der Waals surface area contributed by atoms with E-state index in [-0.39, 0.29) is 17.4 Å². The number of nitrogens with one attached hydrogen (secondary N) is 1. The molecule has 4 rings (SSSR count). The van der Waals surface area contributed by atoms with Gasteiger partial charge in [0.25, 0.3) is 5.91 Å². The lowest BCUT2D eigenvalue weighted by atomic mass is 9.99. The van der Waals surface area contributed by atoms with Crippen LogP contribution in [-0.2, 0) is 0 Å². The first-order valence-electron chi connectivity index (χ1n) is 11.0. The lowest BCUT2D eigenvalue weighted by Crippen LogP contribution is -2.40. The van der Waals surface area contributed by atoms with Gasteiger partial charge in [-0.1, -0.05) is 38.1 Å². The molecule has 31 heavy (non-hydrogen) atoms. The van der Waals surface area contributed by atoms with E-state index in [4.69, 9.17) is 4.98 Å². The number of aromatic nitrogens is 3. The third-order valence-electron chi connectivity index (χ3n) is 5.40. The first-order valence-corrected chi connectivity index (χ1v) is 11.0. The molecule has 1 amide bonds. The summed E-state index contributed by atoms with van der Waals surface area (Å²) in [6.45, 7) is 10.1. The standard InChI is InChI=1S/C26H30N4O/c1-16(2)24-21(14-27-15-28-24)23-13-20(25(31)30-26(3,4)5)12-22(29-23)19-10-8-18(9-11-19)17-6-7-17/h8-17H,6-7H2,1-5H3,(H,30,31). The zero-order valence-electron chi connectivity index (χ0n) is 18.9. The highest BCUT2D eigenvalue weighted by atomic mass is 16.1. The fourth-order valence-electron chi connectivity index (χ4n) is 3.70. The van der Waals surface area contributed by atoms with Gasteiger partial charge in [0.15, 0.2) is 0 Å². The van der Waals surface area contributed by atoms with Crippen LogP contribution in [0.4, 0.5) is 0 Å². The van der Waals surface area contributed by atoms with Crippen molar-refractivity contribution < 1.29 is 4.79 Å². The fourth-order valence-corrected chi connectivity index (χ4v) is 3.70. The van der Waals surface area contributed by atoms with Gasteiger partial charge in [-0.25, -0.2) is 15.0 Å². The molecule has 1 N–H and O–H groups in total. The Hall–Kier alpha value is -3.08. The largest absolute Gasteiger partial charge is 0.347 e. The summed E-state index contributed by atoms with van der Waals surface area (Å²) in [6, 6.07) is 12.3. The van der Waals surface area contributed by atoms with Crippen LogP contribution < -0.4 is 5.32 Å². The molecule has 1 aliphatic carbocycles. The van der Waals surface area contributed by atoms with Crippen LogP contribution in [0.25, 0.3) is 22.5 Å². The second kappa shape index (κ2) is 8.22. The number of hydrogen-bond donors (Lipinski definition) is 1. The van der Waals surface area contributed by atoms with Crippen molar-refractivity contribution in [1.82, 2.24) is 20.3 Å². The van der Waals surface area contributed by atoms with Crippen molar-refractivity contribution >= 4 is 5.91 Å². The maximum absolute atomic E-state index is 13.0. The van der Waals surface area contributed by atoms with E-state index in [1.807, 2.05) is 32.9 Å². The highest BCUT2D eigenvalue weighted by Crippen LogP contribution is 2.40. The molecule has 2 aromatic heterocycles. The molecule has 0 bridgehead atoms. The van der Waals surface area contributed by atoms with Crippen molar-refractivity contribution in [2.75, 3.05) is 0 Å². The second-order valence-corrected chi connectivity index (χ2v) is 9.70. The van der Waals surface area contributed by atoms with Gasteiger partial charge in [0.2, 0.25) is 0 Å². The summed E-state index contributed by atoms with van der Waals surface area (Å²) in [4.78, 5) is 26.7. The van der Waals surface area contributed by atoms with E-state index in [0.29, 0.717) is 17.2 Å². The van der Waals surface area contributed by atoms with E-state index >= 15 is 0 Å². The van der Waals surface area contributed by atoms with Gasteiger partial charge < -0.3 is 5.32 Å². The van der Waals surface area contributed by atoms with Gasteiger partial charge in [0, 0.05) is 28.4 Å². The Morgan fingerprint density at radius 1 is 1.06 bits per heavy atom. The van der Waals surface area contributed by atoms with Gasteiger partial charge in [-0.3, -0.25) is 4.79 Å². The molecule has 0 aliphatic heterocycles. The average Bonchev–Trinajstić information content (AvgIpc) is 3.58. The molecule has 0 unspecified atom stereocenters. The van der Waals surface area contributed by atoms with Crippen molar-refractivity contribution in [2.24, 2.45) is 0 Å². The highest BCUT2D eigenvalue weighted by Gasteiger charge is 2.23. The minimum atomic E-state index is -0.328. The topological polar surface area (TPSA) is 67.8 Å². The smallest absolute Gasteiger partial charge is 0.251 e. The maximum Gasteiger partial charge on any atom is 0.251 e. The van der Waals surface area contributed by atoms with Crippen molar-refractivity contribution in [3.63, 3.8) is 0 Å². The van der Waals surface area contributed by atoms with Crippen LogP contribution in [0.2, 0.25) is 0 Å². The molecule has 0 atom stereocenters. The average molecular weight is 415 g/mol. The summed E-state index contributed by atoms with van der Waals surface area (Å²) in [6.07, 6.45) is 5.90. The summed E-state index contributed by atoms with van der Waals surface area (Å²) in [5.74, 6) is 0.805. The Labute approximate surface area is 184 Å². The Kier molecular flexibility index (Phi) is 5.61. The van der Waals surface area contributed by atoms with Gasteiger partial charge in [-0.15, -0.1) is 0 Å². The number of carbonyl (C=O) groups is 1. The van der Waals surface area contributed by atoms with Crippen LogP contribution in [0.3, 0.4) is 0 Å². The number of amides is 1. The first-order chi connectivity index (χ1) is 14.7. The van der Waals surface area contributed by atoms with Crippen LogP contribution in [0.15, 0.2) is 48.9 Å². The van der Waals surface area contributed by atoms with Crippen molar-refractivity contribution in [3.8, 4) is 22.5 Å². The number of carbonyl (C=O) groups excluding carboxylic acids is 1. The van der Waals surface area contributed by atoms with Gasteiger partial charge in [0.1, 0.15) is 6.33 Å². The van der Waals surface area contributed by atoms with E-state index in [9.17, 15) is 4.79 Å². The van der Waals surface area contributed by atoms with Crippen molar-refractivity contribution in [1.29, 1.82) is 0 Å². The Bertz CT molecular complexity index is 1090. The number of hydrogen-bond acceptors (Lipinski definition) is 4. The maximum atomic E-state index is 13.0. The number of rotatable bonds is 5. The van der Waals surface area contributed by atoms with Gasteiger partial charge in [-0.2, -0.15) is 0 Å². The molecule has 5 heteroatoms. The monoisotopic (exact) mass is 414 g/mol. The molecular formula is C26H30N4O. The summed E-state index contributed by atoms with van der Waals surface area (Å²) in [5.41, 5.74) is 5.91. The Morgan fingerprint density at radius 3 is 2.35 bits per heavy atom. The molecular weight excluding hydrogens is 384 g/mol. The van der Waals surface area contributed by atoms with E-state index in [0.717, 1.165) is 22.5 Å². The van der Waals surface area contributed by atoms with Crippen LogP contribution in [-0.4, -0.2) is 26.4 Å².